The van der Waals surface area contributed by atoms with Crippen LogP contribution in [0.1, 0.15) is 25.8 Å². The summed E-state index contributed by atoms with van der Waals surface area (Å²) in [5.41, 5.74) is 5.80. The molecule has 0 radical (unpaired) electrons. The summed E-state index contributed by atoms with van der Waals surface area (Å²) in [6.45, 7) is 4.44. The molecule has 1 amide bonds. The average Bonchev–Trinajstić information content (AvgIpc) is 2.25. The molecular weight excluding hydrogens is 218 g/mol. The third-order valence-electron chi connectivity index (χ3n) is 2.42. The van der Waals surface area contributed by atoms with Crippen LogP contribution in [-0.2, 0) is 11.3 Å². The van der Waals surface area contributed by atoms with Gasteiger partial charge in [0.25, 0.3) is 0 Å². The normalized spacial score (nSPS) is 11.2. The number of rotatable bonds is 6. The average molecular weight is 237 g/mol. The third-order valence-corrected chi connectivity index (χ3v) is 2.42. The maximum absolute atomic E-state index is 10.9. The van der Waals surface area contributed by atoms with Gasteiger partial charge < -0.3 is 15.8 Å². The van der Waals surface area contributed by atoms with Gasteiger partial charge in [-0.3, -0.25) is 4.79 Å². The number of nitrogens with two attached hydrogens (primary N) is 1. The van der Waals surface area contributed by atoms with Crippen LogP contribution < -0.4 is 15.8 Å². The molecule has 0 saturated carbocycles. The molecule has 1 rings (SSSR count). The van der Waals surface area contributed by atoms with E-state index in [0.29, 0.717) is 12.4 Å². The summed E-state index contributed by atoms with van der Waals surface area (Å²) < 4.78 is 5.15. The second kappa shape index (κ2) is 5.63. The number of methoxy groups -OCH3 is 1. The van der Waals surface area contributed by atoms with Gasteiger partial charge in [-0.05, 0) is 19.9 Å². The van der Waals surface area contributed by atoms with Gasteiger partial charge in [-0.2, -0.15) is 0 Å². The molecule has 0 aliphatic rings. The number of aromatic nitrogens is 1. The van der Waals surface area contributed by atoms with Crippen molar-refractivity contribution in [3.05, 3.63) is 23.9 Å². The van der Waals surface area contributed by atoms with Crippen molar-refractivity contribution in [2.45, 2.75) is 32.4 Å². The van der Waals surface area contributed by atoms with Crippen molar-refractivity contribution in [1.29, 1.82) is 0 Å². The lowest BCUT2D eigenvalue weighted by molar-refractivity contribution is -0.119. The Labute approximate surface area is 101 Å². The van der Waals surface area contributed by atoms with Crippen LogP contribution in [0.3, 0.4) is 0 Å². The Bertz CT molecular complexity index is 391. The lowest BCUT2D eigenvalue weighted by Crippen LogP contribution is -2.42. The summed E-state index contributed by atoms with van der Waals surface area (Å²) in [6.07, 6.45) is 1.96. The van der Waals surface area contributed by atoms with E-state index in [0.717, 1.165) is 5.56 Å². The van der Waals surface area contributed by atoms with E-state index in [2.05, 4.69) is 10.3 Å². The van der Waals surface area contributed by atoms with Crippen molar-refractivity contribution in [3.63, 3.8) is 0 Å². The quantitative estimate of drug-likeness (QED) is 0.768. The zero-order chi connectivity index (χ0) is 12.9. The van der Waals surface area contributed by atoms with E-state index in [1.807, 2.05) is 26.0 Å². The highest BCUT2D eigenvalue weighted by atomic mass is 16.5. The van der Waals surface area contributed by atoms with Gasteiger partial charge in [0.2, 0.25) is 11.8 Å². The molecule has 0 atom stereocenters. The van der Waals surface area contributed by atoms with E-state index in [4.69, 9.17) is 10.5 Å². The maximum atomic E-state index is 10.9. The molecule has 1 aromatic rings. The van der Waals surface area contributed by atoms with Crippen LogP contribution in [0.25, 0.3) is 0 Å². The predicted octanol–water partition coefficient (Wildman–Crippen LogP) is 0.834. The molecule has 5 nitrogen and oxygen atoms in total. The minimum Gasteiger partial charge on any atom is -0.481 e. The molecular formula is C12H19N3O2. The fourth-order valence-corrected chi connectivity index (χ4v) is 1.58. The number of amides is 1. The number of carbonyl (C=O) groups excluding carboxylic acids is 1. The number of ether oxygens (including phenoxy) is 1. The first-order valence-electron chi connectivity index (χ1n) is 5.46. The molecule has 0 spiro atoms. The number of pyridine rings is 1. The minimum absolute atomic E-state index is 0.287. The van der Waals surface area contributed by atoms with E-state index in [-0.39, 0.29) is 17.9 Å². The molecule has 1 aromatic heterocycles. The second-order valence-electron chi connectivity index (χ2n) is 4.55. The lowest BCUT2D eigenvalue weighted by atomic mass is 10.00. The van der Waals surface area contributed by atoms with Crippen molar-refractivity contribution in [1.82, 2.24) is 10.3 Å². The molecule has 1 heterocycles. The van der Waals surface area contributed by atoms with E-state index < -0.39 is 0 Å². The number of carbonyl (C=O) groups is 1. The standard InChI is InChI=1S/C12H19N3O2/c1-12(2,7-10(13)16)15-8-9-5-4-6-14-11(9)17-3/h4-6,15H,7-8H2,1-3H3,(H2,13,16). The molecule has 0 saturated heterocycles. The molecule has 17 heavy (non-hydrogen) atoms. The molecule has 0 aliphatic carbocycles. The predicted molar refractivity (Wildman–Crippen MR) is 65.5 cm³/mol. The Morgan fingerprint density at radius 1 is 1.59 bits per heavy atom. The number of hydrogen-bond acceptors (Lipinski definition) is 4. The second-order valence-corrected chi connectivity index (χ2v) is 4.55. The van der Waals surface area contributed by atoms with Crippen LogP contribution in [0.4, 0.5) is 0 Å². The van der Waals surface area contributed by atoms with Crippen LogP contribution >= 0.6 is 0 Å². The Balaban J connectivity index is 2.63. The number of hydrogen-bond donors (Lipinski definition) is 2. The van der Waals surface area contributed by atoms with Gasteiger partial charge in [-0.25, -0.2) is 4.98 Å². The van der Waals surface area contributed by atoms with Crippen molar-refractivity contribution in [3.8, 4) is 5.88 Å². The molecule has 0 unspecified atom stereocenters. The van der Waals surface area contributed by atoms with Gasteiger partial charge in [0, 0.05) is 30.3 Å². The zero-order valence-corrected chi connectivity index (χ0v) is 10.5. The molecule has 0 aliphatic heterocycles. The van der Waals surface area contributed by atoms with Crippen LogP contribution in [-0.4, -0.2) is 23.5 Å². The maximum Gasteiger partial charge on any atom is 0.219 e. The molecule has 94 valence electrons. The molecule has 0 fully saturated rings. The monoisotopic (exact) mass is 237 g/mol. The SMILES string of the molecule is COc1ncccc1CNC(C)(C)CC(N)=O. The Morgan fingerprint density at radius 2 is 2.29 bits per heavy atom. The van der Waals surface area contributed by atoms with Gasteiger partial charge in [0.1, 0.15) is 0 Å². The fourth-order valence-electron chi connectivity index (χ4n) is 1.58. The highest BCUT2D eigenvalue weighted by molar-refractivity contribution is 5.74. The van der Waals surface area contributed by atoms with Crippen LogP contribution in [0.2, 0.25) is 0 Å². The number of nitrogens with one attached hydrogen (secondary N) is 1. The first-order valence-corrected chi connectivity index (χ1v) is 5.46. The molecule has 0 bridgehead atoms. The van der Waals surface area contributed by atoms with E-state index >= 15 is 0 Å². The van der Waals surface area contributed by atoms with Crippen molar-refractivity contribution in [2.24, 2.45) is 5.73 Å². The van der Waals surface area contributed by atoms with Crippen molar-refractivity contribution in [2.75, 3.05) is 7.11 Å². The fraction of sp³-hybridized carbons (Fsp3) is 0.500. The summed E-state index contributed by atoms with van der Waals surface area (Å²) in [5.74, 6) is 0.274. The minimum atomic E-state index is -0.341. The third kappa shape index (κ3) is 4.40. The van der Waals surface area contributed by atoms with Gasteiger partial charge in [0.15, 0.2) is 0 Å². The molecule has 3 N–H and O–H groups in total. The summed E-state index contributed by atoms with van der Waals surface area (Å²) in [7, 11) is 1.58. The van der Waals surface area contributed by atoms with Crippen LogP contribution in [0.5, 0.6) is 5.88 Å². The first-order chi connectivity index (χ1) is 7.94. The van der Waals surface area contributed by atoms with Crippen molar-refractivity contribution >= 4 is 5.91 Å². The topological polar surface area (TPSA) is 77.2 Å². The lowest BCUT2D eigenvalue weighted by Gasteiger charge is -2.25. The van der Waals surface area contributed by atoms with Gasteiger partial charge in [-0.1, -0.05) is 6.07 Å². The number of primary amides is 1. The Morgan fingerprint density at radius 3 is 2.88 bits per heavy atom. The first kappa shape index (κ1) is 13.4. The highest BCUT2D eigenvalue weighted by Gasteiger charge is 2.20. The summed E-state index contributed by atoms with van der Waals surface area (Å²) in [4.78, 5) is 15.0. The number of nitrogens with zero attached hydrogens (tertiary/aromatic N) is 1. The van der Waals surface area contributed by atoms with Crippen LogP contribution in [0, 0.1) is 0 Å². The van der Waals surface area contributed by atoms with E-state index in [9.17, 15) is 4.79 Å². The van der Waals surface area contributed by atoms with Crippen LogP contribution in [0.15, 0.2) is 18.3 Å². The smallest absolute Gasteiger partial charge is 0.219 e. The molecule has 0 aromatic carbocycles. The summed E-state index contributed by atoms with van der Waals surface area (Å²) >= 11 is 0. The van der Waals surface area contributed by atoms with Gasteiger partial charge in [0.05, 0.1) is 7.11 Å². The largest absolute Gasteiger partial charge is 0.481 e. The van der Waals surface area contributed by atoms with Crippen molar-refractivity contribution < 1.29 is 9.53 Å². The summed E-state index contributed by atoms with van der Waals surface area (Å²) in [6, 6.07) is 3.78. The highest BCUT2D eigenvalue weighted by Crippen LogP contribution is 2.15. The zero-order valence-electron chi connectivity index (χ0n) is 10.5. The Hall–Kier alpha value is -1.62. The summed E-state index contributed by atoms with van der Waals surface area (Å²) in [5, 5.41) is 3.26. The van der Waals surface area contributed by atoms with E-state index in [1.54, 1.807) is 13.3 Å². The molecule has 5 heteroatoms. The van der Waals surface area contributed by atoms with E-state index in [1.165, 1.54) is 0 Å². The Kier molecular flexibility index (Phi) is 4.45. The van der Waals surface area contributed by atoms with Gasteiger partial charge in [-0.15, -0.1) is 0 Å². The van der Waals surface area contributed by atoms with Gasteiger partial charge >= 0.3 is 0 Å².